The predicted octanol–water partition coefficient (Wildman–Crippen LogP) is 1.29. The minimum atomic E-state index is -0.172. The molecule has 1 aromatic heterocycles. The van der Waals surface area contributed by atoms with Gasteiger partial charge in [-0.3, -0.25) is 0 Å². The van der Waals surface area contributed by atoms with Gasteiger partial charge in [-0.25, -0.2) is 13.9 Å². The van der Waals surface area contributed by atoms with E-state index in [-0.39, 0.29) is 13.4 Å². The lowest BCUT2D eigenvalue weighted by molar-refractivity contribution is -0.671. The van der Waals surface area contributed by atoms with Crippen molar-refractivity contribution in [3.8, 4) is 0 Å². The highest BCUT2D eigenvalue weighted by Gasteiger charge is 2.08. The molecule has 4 nitrogen and oxygen atoms in total. The normalized spacial score (nSPS) is 9.47. The molecule has 0 aromatic carbocycles. The van der Waals surface area contributed by atoms with Crippen molar-refractivity contribution in [3.63, 3.8) is 0 Å². The molecule has 0 fully saturated rings. The van der Waals surface area contributed by atoms with Crippen molar-refractivity contribution in [2.24, 2.45) is 7.05 Å². The van der Waals surface area contributed by atoms with Gasteiger partial charge in [-0.1, -0.05) is 20.8 Å². The van der Waals surface area contributed by atoms with Crippen LogP contribution in [0.4, 0.5) is 0 Å². The molecule has 0 unspecified atom stereocenters. The molecule has 0 radical (unpaired) electrons. The van der Waals surface area contributed by atoms with Crippen LogP contribution in [0.5, 0.6) is 0 Å². The lowest BCUT2D eigenvalue weighted by Crippen LogP contribution is -2.24. The van der Waals surface area contributed by atoms with Crippen LogP contribution in [0.25, 0.3) is 0 Å². The quantitative estimate of drug-likeness (QED) is 0.420. The molecule has 0 saturated heterocycles. The van der Waals surface area contributed by atoms with Crippen LogP contribution in [0, 0.1) is 0 Å². The minimum Gasteiger partial charge on any atom is -0.463 e. The van der Waals surface area contributed by atoms with Crippen molar-refractivity contribution in [2.45, 2.75) is 33.7 Å². The van der Waals surface area contributed by atoms with Gasteiger partial charge in [-0.15, -0.1) is 0 Å². The van der Waals surface area contributed by atoms with E-state index >= 15 is 0 Å². The van der Waals surface area contributed by atoms with Gasteiger partial charge in [0.05, 0.1) is 13.7 Å². The standard InChI is InChI=1S/C10H17N2O2.CH4/c1-3-4-7-14-10(13)8-12-6-5-11(2)9-12;/h5-6,9H,3-4,7-8H2,1-2H3;1H4/q+1;. The van der Waals surface area contributed by atoms with Crippen LogP contribution >= 0.6 is 0 Å². The van der Waals surface area contributed by atoms with Gasteiger partial charge in [0, 0.05) is 0 Å². The fourth-order valence-electron chi connectivity index (χ4n) is 1.12. The van der Waals surface area contributed by atoms with Crippen molar-refractivity contribution < 1.29 is 14.1 Å². The summed E-state index contributed by atoms with van der Waals surface area (Å²) in [4.78, 5) is 11.2. The van der Waals surface area contributed by atoms with Gasteiger partial charge >= 0.3 is 5.97 Å². The van der Waals surface area contributed by atoms with Crippen LogP contribution in [0.3, 0.4) is 0 Å². The summed E-state index contributed by atoms with van der Waals surface area (Å²) < 4.78 is 8.71. The highest BCUT2D eigenvalue weighted by Crippen LogP contribution is 1.91. The van der Waals surface area contributed by atoms with Gasteiger partial charge in [0.1, 0.15) is 12.4 Å². The zero-order valence-corrected chi connectivity index (χ0v) is 8.77. The number of esters is 1. The maximum atomic E-state index is 11.2. The molecule has 0 atom stereocenters. The number of imidazole rings is 1. The van der Waals surface area contributed by atoms with E-state index in [0.29, 0.717) is 13.2 Å². The molecule has 0 bridgehead atoms. The van der Waals surface area contributed by atoms with Crippen LogP contribution in [0.2, 0.25) is 0 Å². The first-order chi connectivity index (χ1) is 6.72. The van der Waals surface area contributed by atoms with Gasteiger partial charge in [0.25, 0.3) is 0 Å². The molecule has 0 amide bonds. The molecule has 0 aliphatic carbocycles. The van der Waals surface area contributed by atoms with Crippen molar-refractivity contribution >= 4 is 5.97 Å². The molecule has 1 rings (SSSR count). The van der Waals surface area contributed by atoms with E-state index in [1.807, 2.05) is 30.3 Å². The Labute approximate surface area is 91.5 Å². The van der Waals surface area contributed by atoms with Gasteiger partial charge < -0.3 is 4.74 Å². The number of ether oxygens (including phenoxy) is 1. The van der Waals surface area contributed by atoms with E-state index in [2.05, 4.69) is 6.92 Å². The Bertz CT molecular complexity index is 295. The fraction of sp³-hybridized carbons (Fsp3) is 0.636. The van der Waals surface area contributed by atoms with Crippen LogP contribution < -0.4 is 4.57 Å². The summed E-state index contributed by atoms with van der Waals surface area (Å²) in [7, 11) is 1.92. The molecule has 0 N–H and O–H groups in total. The molecular formula is C11H21N2O2+. The molecule has 15 heavy (non-hydrogen) atoms. The Kier molecular flexibility index (Phi) is 6.42. The van der Waals surface area contributed by atoms with Crippen LogP contribution in [-0.2, 0) is 23.1 Å². The summed E-state index contributed by atoms with van der Waals surface area (Å²) in [6.07, 6.45) is 7.57. The molecule has 4 heteroatoms. The fourth-order valence-corrected chi connectivity index (χ4v) is 1.12. The third kappa shape index (κ3) is 5.20. The highest BCUT2D eigenvalue weighted by atomic mass is 16.5. The van der Waals surface area contributed by atoms with E-state index in [0.717, 1.165) is 12.8 Å². The van der Waals surface area contributed by atoms with Crippen LogP contribution in [-0.4, -0.2) is 17.1 Å². The molecule has 0 aliphatic rings. The number of unbranched alkanes of at least 4 members (excludes halogenated alkanes) is 1. The zero-order valence-electron chi connectivity index (χ0n) is 8.77. The number of carbonyl (C=O) groups is 1. The van der Waals surface area contributed by atoms with E-state index in [9.17, 15) is 4.79 Å². The van der Waals surface area contributed by atoms with Gasteiger partial charge in [-0.2, -0.15) is 0 Å². The smallest absolute Gasteiger partial charge is 0.348 e. The molecule has 0 saturated carbocycles. The van der Waals surface area contributed by atoms with E-state index < -0.39 is 0 Å². The number of hydrogen-bond acceptors (Lipinski definition) is 2. The topological polar surface area (TPSA) is 35.1 Å². The number of nitrogens with zero attached hydrogens (tertiary/aromatic N) is 2. The monoisotopic (exact) mass is 213 g/mol. The Hall–Kier alpha value is -1.32. The summed E-state index contributed by atoms with van der Waals surface area (Å²) in [5.41, 5.74) is 0. The first kappa shape index (κ1) is 13.7. The highest BCUT2D eigenvalue weighted by molar-refractivity contribution is 5.69. The molecular weight excluding hydrogens is 192 g/mol. The molecule has 1 aromatic rings. The van der Waals surface area contributed by atoms with Gasteiger partial charge in [0.2, 0.25) is 6.33 Å². The summed E-state index contributed by atoms with van der Waals surface area (Å²) in [5, 5.41) is 0. The van der Waals surface area contributed by atoms with Crippen molar-refractivity contribution in [1.29, 1.82) is 0 Å². The molecule has 86 valence electrons. The predicted molar refractivity (Wildman–Crippen MR) is 58.2 cm³/mol. The zero-order chi connectivity index (χ0) is 10.4. The molecule has 0 spiro atoms. The summed E-state index contributed by atoms with van der Waals surface area (Å²) in [6, 6.07) is 0. The van der Waals surface area contributed by atoms with Crippen LogP contribution in [0.15, 0.2) is 18.7 Å². The third-order valence-corrected chi connectivity index (χ3v) is 1.90. The van der Waals surface area contributed by atoms with Crippen molar-refractivity contribution in [1.82, 2.24) is 4.57 Å². The summed E-state index contributed by atoms with van der Waals surface area (Å²) in [6.45, 7) is 2.90. The number of aromatic nitrogens is 2. The molecule has 0 aliphatic heterocycles. The summed E-state index contributed by atoms with van der Waals surface area (Å²) >= 11 is 0. The van der Waals surface area contributed by atoms with Crippen molar-refractivity contribution in [2.75, 3.05) is 6.61 Å². The minimum absolute atomic E-state index is 0. The van der Waals surface area contributed by atoms with Gasteiger partial charge in [-0.05, 0) is 6.42 Å². The van der Waals surface area contributed by atoms with Crippen LogP contribution in [0.1, 0.15) is 27.2 Å². The SMILES string of the molecule is C.CCCCOC(=O)Cn1cc[n+](C)c1. The lowest BCUT2D eigenvalue weighted by atomic mass is 10.4. The number of aryl methyl sites for hydroxylation is 1. The Morgan fingerprint density at radius 3 is 2.80 bits per heavy atom. The Morgan fingerprint density at radius 2 is 2.27 bits per heavy atom. The first-order valence-electron chi connectivity index (χ1n) is 4.89. The van der Waals surface area contributed by atoms with E-state index in [1.54, 1.807) is 4.57 Å². The maximum Gasteiger partial charge on any atom is 0.348 e. The molecule has 1 heterocycles. The largest absolute Gasteiger partial charge is 0.463 e. The number of hydrogen-bond donors (Lipinski definition) is 0. The maximum absolute atomic E-state index is 11.2. The third-order valence-electron chi connectivity index (χ3n) is 1.90. The van der Waals surface area contributed by atoms with E-state index in [4.69, 9.17) is 4.74 Å². The average molecular weight is 213 g/mol. The second-order valence-corrected chi connectivity index (χ2v) is 3.33. The number of carbonyl (C=O) groups excluding carboxylic acids is 1. The summed E-state index contributed by atoms with van der Waals surface area (Å²) in [5.74, 6) is -0.172. The second-order valence-electron chi connectivity index (χ2n) is 3.33. The number of rotatable bonds is 5. The Morgan fingerprint density at radius 1 is 1.53 bits per heavy atom. The second kappa shape index (κ2) is 7.04. The Balaban J connectivity index is 0.00000196. The van der Waals surface area contributed by atoms with Crippen molar-refractivity contribution in [3.05, 3.63) is 18.7 Å². The lowest BCUT2D eigenvalue weighted by Gasteiger charge is -2.00. The van der Waals surface area contributed by atoms with Gasteiger partial charge in [0.15, 0.2) is 6.54 Å². The average Bonchev–Trinajstić information content (AvgIpc) is 2.52. The first-order valence-corrected chi connectivity index (χ1v) is 4.89. The van der Waals surface area contributed by atoms with E-state index in [1.165, 1.54) is 0 Å².